The Bertz CT molecular complexity index is 1140. The molecule has 150 valence electrons. The molecule has 1 amide bonds. The molecule has 0 bridgehead atoms. The van der Waals surface area contributed by atoms with E-state index >= 15 is 0 Å². The number of anilines is 1. The predicted molar refractivity (Wildman–Crippen MR) is 120 cm³/mol. The summed E-state index contributed by atoms with van der Waals surface area (Å²) in [7, 11) is 1.64. The molecule has 0 saturated carbocycles. The SMILES string of the molecule is COc1ccc(-c2nc(NC(=O)c3ccc(Oc4ccccc4)cc3)sc2C)cc1. The molecule has 4 rings (SSSR count). The van der Waals surface area contributed by atoms with Crippen LogP contribution >= 0.6 is 11.3 Å². The van der Waals surface area contributed by atoms with Gasteiger partial charge < -0.3 is 9.47 Å². The molecule has 0 fully saturated rings. The summed E-state index contributed by atoms with van der Waals surface area (Å²) in [5.41, 5.74) is 2.37. The second-order valence-electron chi connectivity index (χ2n) is 6.55. The fourth-order valence-electron chi connectivity index (χ4n) is 2.93. The minimum Gasteiger partial charge on any atom is -0.497 e. The Hall–Kier alpha value is -3.64. The Morgan fingerprint density at radius 3 is 2.17 bits per heavy atom. The zero-order valence-electron chi connectivity index (χ0n) is 16.6. The molecule has 0 spiro atoms. The molecule has 0 radical (unpaired) electrons. The molecule has 1 N–H and O–H groups in total. The highest BCUT2D eigenvalue weighted by atomic mass is 32.1. The van der Waals surface area contributed by atoms with E-state index < -0.39 is 0 Å². The molecule has 0 aliphatic carbocycles. The molecular formula is C24H20N2O3S. The molecule has 4 aromatic rings. The number of nitrogens with zero attached hydrogens (tertiary/aromatic N) is 1. The number of benzene rings is 3. The second-order valence-corrected chi connectivity index (χ2v) is 7.75. The highest BCUT2D eigenvalue weighted by Gasteiger charge is 2.13. The Labute approximate surface area is 178 Å². The first-order chi connectivity index (χ1) is 14.6. The van der Waals surface area contributed by atoms with Crippen molar-refractivity contribution in [3.63, 3.8) is 0 Å². The number of hydrogen-bond donors (Lipinski definition) is 1. The van der Waals surface area contributed by atoms with Gasteiger partial charge in [-0.1, -0.05) is 18.2 Å². The number of aromatic nitrogens is 1. The van der Waals surface area contributed by atoms with E-state index in [1.807, 2.05) is 61.5 Å². The van der Waals surface area contributed by atoms with Gasteiger partial charge >= 0.3 is 0 Å². The molecule has 5 nitrogen and oxygen atoms in total. The van der Waals surface area contributed by atoms with Crippen molar-refractivity contribution >= 4 is 22.4 Å². The van der Waals surface area contributed by atoms with Crippen molar-refractivity contribution in [2.75, 3.05) is 12.4 Å². The maximum Gasteiger partial charge on any atom is 0.257 e. The number of carbonyl (C=O) groups is 1. The summed E-state index contributed by atoms with van der Waals surface area (Å²) >= 11 is 1.45. The smallest absolute Gasteiger partial charge is 0.257 e. The molecule has 1 aromatic heterocycles. The Kier molecular flexibility index (Phi) is 5.77. The maximum absolute atomic E-state index is 12.6. The average molecular weight is 417 g/mol. The molecule has 30 heavy (non-hydrogen) atoms. The third-order valence-electron chi connectivity index (χ3n) is 4.48. The minimum absolute atomic E-state index is 0.212. The zero-order chi connectivity index (χ0) is 20.9. The third-order valence-corrected chi connectivity index (χ3v) is 5.36. The lowest BCUT2D eigenvalue weighted by Crippen LogP contribution is -2.11. The van der Waals surface area contributed by atoms with E-state index in [0.717, 1.165) is 27.6 Å². The standard InChI is InChI=1S/C24H20N2O3S/c1-16-22(17-8-12-19(28-2)13-9-17)25-24(30-16)26-23(27)18-10-14-21(15-11-18)29-20-6-4-3-5-7-20/h3-15H,1-2H3,(H,25,26,27). The predicted octanol–water partition coefficient (Wildman–Crippen LogP) is 6.17. The fraction of sp³-hybridized carbons (Fsp3) is 0.0833. The van der Waals surface area contributed by atoms with Gasteiger partial charge in [-0.25, -0.2) is 4.98 Å². The molecule has 0 atom stereocenters. The topological polar surface area (TPSA) is 60.5 Å². The van der Waals surface area contributed by atoms with Gasteiger partial charge in [-0.2, -0.15) is 0 Å². The zero-order valence-corrected chi connectivity index (χ0v) is 17.4. The number of nitrogens with one attached hydrogen (secondary N) is 1. The lowest BCUT2D eigenvalue weighted by molar-refractivity contribution is 0.102. The van der Waals surface area contributed by atoms with E-state index in [0.29, 0.717) is 16.4 Å². The van der Waals surface area contributed by atoms with Crippen LogP contribution in [0.3, 0.4) is 0 Å². The van der Waals surface area contributed by atoms with Crippen molar-refractivity contribution < 1.29 is 14.3 Å². The number of hydrogen-bond acceptors (Lipinski definition) is 5. The van der Waals surface area contributed by atoms with Crippen LogP contribution in [0, 0.1) is 6.92 Å². The first-order valence-corrected chi connectivity index (χ1v) is 10.2. The van der Waals surface area contributed by atoms with Gasteiger partial charge in [0.1, 0.15) is 17.2 Å². The number of carbonyl (C=O) groups excluding carboxylic acids is 1. The average Bonchev–Trinajstić information content (AvgIpc) is 3.15. The van der Waals surface area contributed by atoms with E-state index in [2.05, 4.69) is 10.3 Å². The fourth-order valence-corrected chi connectivity index (χ4v) is 3.77. The van der Waals surface area contributed by atoms with Crippen LogP contribution in [0.1, 0.15) is 15.2 Å². The van der Waals surface area contributed by atoms with Crippen LogP contribution in [0.25, 0.3) is 11.3 Å². The first-order valence-electron chi connectivity index (χ1n) is 9.38. The van der Waals surface area contributed by atoms with Gasteiger partial charge in [-0.15, -0.1) is 11.3 Å². The summed E-state index contributed by atoms with van der Waals surface area (Å²) in [6.45, 7) is 1.99. The Morgan fingerprint density at radius 1 is 0.867 bits per heavy atom. The van der Waals surface area contributed by atoms with Crippen molar-refractivity contribution in [3.05, 3.63) is 89.3 Å². The Morgan fingerprint density at radius 2 is 1.50 bits per heavy atom. The molecule has 0 saturated heterocycles. The van der Waals surface area contributed by atoms with E-state index in [4.69, 9.17) is 9.47 Å². The van der Waals surface area contributed by atoms with Crippen molar-refractivity contribution in [3.8, 4) is 28.5 Å². The largest absolute Gasteiger partial charge is 0.497 e. The van der Waals surface area contributed by atoms with Crippen molar-refractivity contribution in [2.24, 2.45) is 0 Å². The normalized spacial score (nSPS) is 10.5. The summed E-state index contributed by atoms with van der Waals surface area (Å²) < 4.78 is 11.0. The van der Waals surface area contributed by atoms with Gasteiger partial charge in [0.05, 0.1) is 12.8 Å². The van der Waals surface area contributed by atoms with Gasteiger partial charge in [0.25, 0.3) is 5.91 Å². The number of rotatable bonds is 6. The summed E-state index contributed by atoms with van der Waals surface area (Å²) in [5, 5.41) is 3.45. The highest BCUT2D eigenvalue weighted by Crippen LogP contribution is 2.31. The first kappa shape index (κ1) is 19.7. The summed E-state index contributed by atoms with van der Waals surface area (Å²) in [4.78, 5) is 18.2. The van der Waals surface area contributed by atoms with Gasteiger partial charge in [0.2, 0.25) is 0 Å². The monoisotopic (exact) mass is 416 g/mol. The van der Waals surface area contributed by atoms with Crippen molar-refractivity contribution in [1.82, 2.24) is 4.98 Å². The van der Waals surface area contributed by atoms with Crippen LogP contribution in [-0.4, -0.2) is 18.0 Å². The number of thiazole rings is 1. The van der Waals surface area contributed by atoms with Crippen molar-refractivity contribution in [1.29, 1.82) is 0 Å². The summed E-state index contributed by atoms with van der Waals surface area (Å²) in [6, 6.07) is 24.2. The quantitative estimate of drug-likeness (QED) is 0.408. The highest BCUT2D eigenvalue weighted by molar-refractivity contribution is 7.16. The lowest BCUT2D eigenvalue weighted by atomic mass is 10.1. The molecule has 0 aliphatic rings. The van der Waals surface area contributed by atoms with E-state index in [9.17, 15) is 4.79 Å². The minimum atomic E-state index is -0.212. The summed E-state index contributed by atoms with van der Waals surface area (Å²) in [5.74, 6) is 2.00. The lowest BCUT2D eigenvalue weighted by Gasteiger charge is -2.06. The van der Waals surface area contributed by atoms with Crippen LogP contribution in [0.5, 0.6) is 17.2 Å². The third kappa shape index (κ3) is 4.50. The molecule has 0 aliphatic heterocycles. The van der Waals surface area contributed by atoms with Crippen LogP contribution in [0.15, 0.2) is 78.9 Å². The number of ether oxygens (including phenoxy) is 2. The number of aryl methyl sites for hydroxylation is 1. The van der Waals surface area contributed by atoms with E-state index in [-0.39, 0.29) is 5.91 Å². The number of para-hydroxylation sites is 1. The van der Waals surface area contributed by atoms with Gasteiger partial charge in [-0.3, -0.25) is 10.1 Å². The van der Waals surface area contributed by atoms with Gasteiger partial charge in [0, 0.05) is 16.0 Å². The number of methoxy groups -OCH3 is 1. The van der Waals surface area contributed by atoms with Crippen molar-refractivity contribution in [2.45, 2.75) is 6.92 Å². The van der Waals surface area contributed by atoms with E-state index in [1.165, 1.54) is 11.3 Å². The summed E-state index contributed by atoms with van der Waals surface area (Å²) in [6.07, 6.45) is 0. The second kappa shape index (κ2) is 8.80. The van der Waals surface area contributed by atoms with Gasteiger partial charge in [-0.05, 0) is 67.6 Å². The maximum atomic E-state index is 12.6. The van der Waals surface area contributed by atoms with Gasteiger partial charge in [0.15, 0.2) is 5.13 Å². The molecular weight excluding hydrogens is 396 g/mol. The van der Waals surface area contributed by atoms with Crippen LogP contribution in [0.4, 0.5) is 5.13 Å². The van der Waals surface area contributed by atoms with Crippen LogP contribution in [0.2, 0.25) is 0 Å². The molecule has 6 heteroatoms. The number of amides is 1. The van der Waals surface area contributed by atoms with E-state index in [1.54, 1.807) is 31.4 Å². The Balaban J connectivity index is 1.44. The van der Waals surface area contributed by atoms with Crippen LogP contribution in [-0.2, 0) is 0 Å². The molecule has 3 aromatic carbocycles. The molecule has 0 unspecified atom stereocenters. The molecule has 1 heterocycles. The van der Waals surface area contributed by atoms with Crippen LogP contribution < -0.4 is 14.8 Å².